The van der Waals surface area contributed by atoms with Crippen molar-refractivity contribution in [2.75, 3.05) is 0 Å². The van der Waals surface area contributed by atoms with Gasteiger partial charge in [-0.2, -0.15) is 0 Å². The highest BCUT2D eigenvalue weighted by atomic mass is 16.5. The Balaban J connectivity index is 1.96. The SMILES string of the molecule is C=CCCC(Cc1ccccc1)C(=O)N[C@@H](CC(=O)OCc1ccccc1)C(=O)O. The van der Waals surface area contributed by atoms with E-state index in [2.05, 4.69) is 11.9 Å². The summed E-state index contributed by atoms with van der Waals surface area (Å²) in [7, 11) is 0. The number of ether oxygens (including phenoxy) is 1. The number of carboxylic acid groups (broad SMARTS) is 1. The molecule has 158 valence electrons. The number of amides is 1. The van der Waals surface area contributed by atoms with E-state index in [-0.39, 0.29) is 6.61 Å². The summed E-state index contributed by atoms with van der Waals surface area (Å²) in [6.45, 7) is 3.74. The highest BCUT2D eigenvalue weighted by Crippen LogP contribution is 2.16. The number of carbonyl (C=O) groups excluding carboxylic acids is 2. The first kappa shape index (κ1) is 22.9. The molecule has 2 aromatic carbocycles. The Morgan fingerprint density at radius 1 is 1.00 bits per heavy atom. The number of carboxylic acids is 1. The average molecular weight is 409 g/mol. The van der Waals surface area contributed by atoms with Gasteiger partial charge in [0.2, 0.25) is 5.91 Å². The average Bonchev–Trinajstić information content (AvgIpc) is 2.76. The van der Waals surface area contributed by atoms with Crippen LogP contribution in [0.2, 0.25) is 0 Å². The van der Waals surface area contributed by atoms with Gasteiger partial charge in [-0.3, -0.25) is 9.59 Å². The first-order valence-electron chi connectivity index (χ1n) is 9.87. The maximum absolute atomic E-state index is 12.8. The van der Waals surface area contributed by atoms with Crippen molar-refractivity contribution in [2.24, 2.45) is 5.92 Å². The number of nitrogens with one attached hydrogen (secondary N) is 1. The van der Waals surface area contributed by atoms with E-state index in [0.29, 0.717) is 19.3 Å². The van der Waals surface area contributed by atoms with E-state index < -0.39 is 36.2 Å². The number of benzene rings is 2. The fourth-order valence-corrected chi connectivity index (χ4v) is 3.00. The van der Waals surface area contributed by atoms with Gasteiger partial charge in [-0.25, -0.2) is 4.79 Å². The largest absolute Gasteiger partial charge is 0.480 e. The molecule has 0 aliphatic heterocycles. The molecule has 6 heteroatoms. The van der Waals surface area contributed by atoms with Crippen LogP contribution < -0.4 is 5.32 Å². The van der Waals surface area contributed by atoms with Gasteiger partial charge in [0, 0.05) is 5.92 Å². The molecule has 0 fully saturated rings. The second kappa shape index (κ2) is 12.2. The molecule has 0 spiro atoms. The predicted octanol–water partition coefficient (Wildman–Crippen LogP) is 3.51. The van der Waals surface area contributed by atoms with E-state index in [0.717, 1.165) is 11.1 Å². The van der Waals surface area contributed by atoms with E-state index in [1.165, 1.54) is 0 Å². The van der Waals surface area contributed by atoms with Crippen LogP contribution in [-0.2, 0) is 32.1 Å². The molecule has 2 atom stereocenters. The lowest BCUT2D eigenvalue weighted by Crippen LogP contribution is -2.45. The van der Waals surface area contributed by atoms with E-state index in [4.69, 9.17) is 4.74 Å². The van der Waals surface area contributed by atoms with Crippen molar-refractivity contribution in [1.29, 1.82) is 0 Å². The molecule has 0 saturated carbocycles. The smallest absolute Gasteiger partial charge is 0.326 e. The summed E-state index contributed by atoms with van der Waals surface area (Å²) < 4.78 is 5.14. The minimum absolute atomic E-state index is 0.0515. The van der Waals surface area contributed by atoms with Gasteiger partial charge in [-0.1, -0.05) is 66.7 Å². The summed E-state index contributed by atoms with van der Waals surface area (Å²) in [5, 5.41) is 12.0. The van der Waals surface area contributed by atoms with Crippen LogP contribution in [0.4, 0.5) is 0 Å². The van der Waals surface area contributed by atoms with Gasteiger partial charge in [0.05, 0.1) is 6.42 Å². The van der Waals surface area contributed by atoms with E-state index >= 15 is 0 Å². The van der Waals surface area contributed by atoms with Gasteiger partial charge in [0.15, 0.2) is 0 Å². The molecule has 6 nitrogen and oxygen atoms in total. The van der Waals surface area contributed by atoms with Crippen LogP contribution in [0.1, 0.15) is 30.4 Å². The fraction of sp³-hybridized carbons (Fsp3) is 0.292. The van der Waals surface area contributed by atoms with Crippen molar-refractivity contribution in [2.45, 2.75) is 38.3 Å². The summed E-state index contributed by atoms with van der Waals surface area (Å²) >= 11 is 0. The van der Waals surface area contributed by atoms with Crippen molar-refractivity contribution < 1.29 is 24.2 Å². The third-order valence-electron chi connectivity index (χ3n) is 4.64. The molecule has 0 bridgehead atoms. The first-order chi connectivity index (χ1) is 14.5. The molecule has 0 aliphatic rings. The molecule has 1 unspecified atom stereocenters. The van der Waals surface area contributed by atoms with Crippen molar-refractivity contribution in [3.8, 4) is 0 Å². The van der Waals surface area contributed by atoms with Crippen LogP contribution in [0.15, 0.2) is 73.3 Å². The Morgan fingerprint density at radius 2 is 1.60 bits per heavy atom. The summed E-state index contributed by atoms with van der Waals surface area (Å²) in [5.74, 6) is -2.78. The lowest BCUT2D eigenvalue weighted by atomic mass is 9.93. The van der Waals surface area contributed by atoms with Crippen molar-refractivity contribution in [3.05, 3.63) is 84.4 Å². The van der Waals surface area contributed by atoms with Gasteiger partial charge in [0.25, 0.3) is 0 Å². The molecule has 0 heterocycles. The standard InChI is InChI=1S/C24H27NO5/c1-2-3-14-20(15-18-10-6-4-7-11-18)23(27)25-21(24(28)29)16-22(26)30-17-19-12-8-5-9-13-19/h2,4-13,20-21H,1,3,14-17H2,(H,25,27)(H,28,29)/t20?,21-/m0/s1. The molecular weight excluding hydrogens is 382 g/mol. The van der Waals surface area contributed by atoms with E-state index in [1.807, 2.05) is 48.5 Å². The van der Waals surface area contributed by atoms with Gasteiger partial charge < -0.3 is 15.2 Å². The number of hydrogen-bond acceptors (Lipinski definition) is 4. The lowest BCUT2D eigenvalue weighted by Gasteiger charge is -2.20. The third-order valence-corrected chi connectivity index (χ3v) is 4.64. The van der Waals surface area contributed by atoms with Gasteiger partial charge in [0.1, 0.15) is 12.6 Å². The monoisotopic (exact) mass is 409 g/mol. The Hall–Kier alpha value is -3.41. The summed E-state index contributed by atoms with van der Waals surface area (Å²) in [5.41, 5.74) is 1.78. The number of esters is 1. The Bertz CT molecular complexity index is 835. The van der Waals surface area contributed by atoms with Crippen LogP contribution >= 0.6 is 0 Å². The highest BCUT2D eigenvalue weighted by Gasteiger charge is 2.27. The predicted molar refractivity (Wildman–Crippen MR) is 113 cm³/mol. The first-order valence-corrected chi connectivity index (χ1v) is 9.87. The highest BCUT2D eigenvalue weighted by molar-refractivity contribution is 5.88. The normalized spacial score (nSPS) is 12.4. The van der Waals surface area contributed by atoms with Crippen molar-refractivity contribution in [3.63, 3.8) is 0 Å². The maximum Gasteiger partial charge on any atom is 0.326 e. The second-order valence-electron chi connectivity index (χ2n) is 7.00. The molecule has 1 amide bonds. The van der Waals surface area contributed by atoms with Crippen molar-refractivity contribution >= 4 is 17.8 Å². The topological polar surface area (TPSA) is 92.7 Å². The molecule has 0 aliphatic carbocycles. The quantitative estimate of drug-likeness (QED) is 0.413. The molecule has 0 aromatic heterocycles. The molecular formula is C24H27NO5. The molecule has 30 heavy (non-hydrogen) atoms. The Kier molecular flexibility index (Phi) is 9.31. The van der Waals surface area contributed by atoms with Crippen LogP contribution in [-0.4, -0.2) is 29.0 Å². The lowest BCUT2D eigenvalue weighted by molar-refractivity contribution is -0.151. The fourth-order valence-electron chi connectivity index (χ4n) is 3.00. The Morgan fingerprint density at radius 3 is 2.17 bits per heavy atom. The number of aliphatic carboxylic acids is 1. The Labute approximate surface area is 176 Å². The zero-order valence-corrected chi connectivity index (χ0v) is 16.8. The van der Waals surface area contributed by atoms with Gasteiger partial charge in [-0.15, -0.1) is 6.58 Å². The number of hydrogen-bond donors (Lipinski definition) is 2. The summed E-state index contributed by atoms with van der Waals surface area (Å²) in [6, 6.07) is 17.3. The number of allylic oxidation sites excluding steroid dienone is 1. The van der Waals surface area contributed by atoms with Gasteiger partial charge >= 0.3 is 11.9 Å². The molecule has 0 radical (unpaired) electrons. The molecule has 2 aromatic rings. The maximum atomic E-state index is 12.8. The van der Waals surface area contributed by atoms with E-state index in [9.17, 15) is 19.5 Å². The molecule has 0 saturated heterocycles. The minimum Gasteiger partial charge on any atom is -0.480 e. The zero-order chi connectivity index (χ0) is 21.8. The van der Waals surface area contributed by atoms with Crippen LogP contribution in [0.25, 0.3) is 0 Å². The van der Waals surface area contributed by atoms with Crippen LogP contribution in [0.3, 0.4) is 0 Å². The van der Waals surface area contributed by atoms with Crippen molar-refractivity contribution in [1.82, 2.24) is 5.32 Å². The zero-order valence-electron chi connectivity index (χ0n) is 16.8. The molecule has 2 N–H and O–H groups in total. The third kappa shape index (κ3) is 7.91. The second-order valence-corrected chi connectivity index (χ2v) is 7.00. The summed E-state index contributed by atoms with van der Waals surface area (Å²) in [4.78, 5) is 36.5. The molecule has 2 rings (SSSR count). The summed E-state index contributed by atoms with van der Waals surface area (Å²) in [6.07, 6.45) is 2.93. The minimum atomic E-state index is -1.34. The van der Waals surface area contributed by atoms with Crippen LogP contribution in [0.5, 0.6) is 0 Å². The van der Waals surface area contributed by atoms with Crippen LogP contribution in [0, 0.1) is 5.92 Å². The van der Waals surface area contributed by atoms with Gasteiger partial charge in [-0.05, 0) is 30.4 Å². The number of carbonyl (C=O) groups is 3. The number of rotatable bonds is 12. The van der Waals surface area contributed by atoms with E-state index in [1.54, 1.807) is 18.2 Å².